The molecule has 1 aliphatic heterocycles. The number of anilines is 1. The van der Waals surface area contributed by atoms with Crippen LogP contribution in [0.1, 0.15) is 45.2 Å². The van der Waals surface area contributed by atoms with E-state index >= 15 is 0 Å². The van der Waals surface area contributed by atoms with Gasteiger partial charge in [-0.3, -0.25) is 4.79 Å². The second-order valence-electron chi connectivity index (χ2n) is 6.11. The van der Waals surface area contributed by atoms with E-state index in [-0.39, 0.29) is 17.6 Å². The summed E-state index contributed by atoms with van der Waals surface area (Å²) >= 11 is 3.00. The van der Waals surface area contributed by atoms with Gasteiger partial charge in [0.1, 0.15) is 5.82 Å². The Balaban J connectivity index is 1.77. The molecule has 0 bridgehead atoms. The Morgan fingerprint density at radius 3 is 2.65 bits per heavy atom. The summed E-state index contributed by atoms with van der Waals surface area (Å²) in [7, 11) is 0. The van der Waals surface area contributed by atoms with Crippen molar-refractivity contribution in [3.05, 3.63) is 68.6 Å². The summed E-state index contributed by atoms with van der Waals surface area (Å²) in [4.78, 5) is 18.1. The highest BCUT2D eigenvalue weighted by atomic mass is 32.1. The van der Waals surface area contributed by atoms with Gasteiger partial charge in [0.2, 0.25) is 5.13 Å². The SMILES string of the molecule is CC(=O)c1sc(N2N=C(c3cccs3)C[C@@H]2c2ccc(F)cc2)nc1C. The van der Waals surface area contributed by atoms with Crippen LogP contribution >= 0.6 is 22.7 Å². The third kappa shape index (κ3) is 3.08. The predicted molar refractivity (Wildman–Crippen MR) is 104 cm³/mol. The number of thiophene rings is 1. The summed E-state index contributed by atoms with van der Waals surface area (Å²) in [5.41, 5.74) is 2.67. The van der Waals surface area contributed by atoms with Gasteiger partial charge in [0, 0.05) is 13.3 Å². The fourth-order valence-corrected chi connectivity index (χ4v) is 4.71. The Bertz CT molecular complexity index is 977. The first kappa shape index (κ1) is 17.1. The van der Waals surface area contributed by atoms with Crippen molar-refractivity contribution in [3.63, 3.8) is 0 Å². The van der Waals surface area contributed by atoms with Crippen molar-refractivity contribution in [1.29, 1.82) is 0 Å². The molecule has 3 heterocycles. The minimum absolute atomic E-state index is 0.00578. The molecule has 3 aromatic rings. The molecule has 0 amide bonds. The smallest absolute Gasteiger partial charge is 0.207 e. The summed E-state index contributed by atoms with van der Waals surface area (Å²) in [6, 6.07) is 10.5. The van der Waals surface area contributed by atoms with Gasteiger partial charge in [-0.2, -0.15) is 5.10 Å². The molecule has 0 fully saturated rings. The average Bonchev–Trinajstić information content (AvgIpc) is 3.34. The molecule has 0 aliphatic carbocycles. The Morgan fingerprint density at radius 2 is 2.04 bits per heavy atom. The molecule has 0 saturated heterocycles. The quantitative estimate of drug-likeness (QED) is 0.579. The van der Waals surface area contributed by atoms with E-state index in [1.165, 1.54) is 23.5 Å². The van der Waals surface area contributed by atoms with Crippen molar-refractivity contribution in [2.45, 2.75) is 26.3 Å². The number of halogens is 1. The zero-order chi connectivity index (χ0) is 18.3. The topological polar surface area (TPSA) is 45.6 Å². The van der Waals surface area contributed by atoms with Gasteiger partial charge in [-0.15, -0.1) is 11.3 Å². The summed E-state index contributed by atoms with van der Waals surface area (Å²) in [5.74, 6) is -0.257. The van der Waals surface area contributed by atoms with Gasteiger partial charge in [0.25, 0.3) is 0 Å². The maximum absolute atomic E-state index is 13.4. The van der Waals surface area contributed by atoms with Crippen molar-refractivity contribution in [1.82, 2.24) is 4.98 Å². The van der Waals surface area contributed by atoms with E-state index in [9.17, 15) is 9.18 Å². The lowest BCUT2D eigenvalue weighted by Gasteiger charge is -2.21. The Morgan fingerprint density at radius 1 is 1.27 bits per heavy atom. The molecule has 0 radical (unpaired) electrons. The molecule has 0 unspecified atom stereocenters. The summed E-state index contributed by atoms with van der Waals surface area (Å²) in [6.07, 6.45) is 0.709. The number of hydrazone groups is 1. The third-order valence-corrected chi connectivity index (χ3v) is 6.44. The Labute approximate surface area is 158 Å². The van der Waals surface area contributed by atoms with Crippen LogP contribution in [-0.2, 0) is 0 Å². The first-order valence-electron chi connectivity index (χ1n) is 8.17. The van der Waals surface area contributed by atoms with E-state index in [1.54, 1.807) is 30.4 Å². The van der Waals surface area contributed by atoms with Crippen molar-refractivity contribution in [2.24, 2.45) is 5.10 Å². The van der Waals surface area contributed by atoms with Crippen LogP contribution < -0.4 is 5.01 Å². The number of aromatic nitrogens is 1. The summed E-state index contributed by atoms with van der Waals surface area (Å²) in [5, 5.41) is 9.38. The lowest BCUT2D eigenvalue weighted by molar-refractivity contribution is 0.102. The number of aryl methyl sites for hydroxylation is 1. The van der Waals surface area contributed by atoms with Crippen molar-refractivity contribution in [3.8, 4) is 0 Å². The van der Waals surface area contributed by atoms with Gasteiger partial charge in [-0.05, 0) is 36.1 Å². The van der Waals surface area contributed by atoms with E-state index < -0.39 is 0 Å². The molecule has 4 rings (SSSR count). The number of Topliss-reactive ketones (excluding diaryl/α,β-unsaturated/α-hetero) is 1. The van der Waals surface area contributed by atoms with Gasteiger partial charge >= 0.3 is 0 Å². The molecule has 132 valence electrons. The monoisotopic (exact) mass is 385 g/mol. The van der Waals surface area contributed by atoms with Crippen LogP contribution in [0.2, 0.25) is 0 Å². The number of rotatable bonds is 4. The van der Waals surface area contributed by atoms with E-state index in [1.807, 2.05) is 29.4 Å². The number of hydrogen-bond acceptors (Lipinski definition) is 6. The normalized spacial score (nSPS) is 16.8. The maximum atomic E-state index is 13.4. The van der Waals surface area contributed by atoms with Crippen LogP contribution in [0.15, 0.2) is 46.9 Å². The van der Waals surface area contributed by atoms with E-state index in [2.05, 4.69) is 4.98 Å². The molecule has 2 aromatic heterocycles. The largest absolute Gasteiger partial charge is 0.294 e. The van der Waals surface area contributed by atoms with Crippen molar-refractivity contribution in [2.75, 3.05) is 5.01 Å². The van der Waals surface area contributed by atoms with Crippen molar-refractivity contribution >= 4 is 39.3 Å². The lowest BCUT2D eigenvalue weighted by atomic mass is 10.0. The molecule has 0 N–H and O–H groups in total. The molecule has 1 atom stereocenters. The lowest BCUT2D eigenvalue weighted by Crippen LogP contribution is -2.18. The van der Waals surface area contributed by atoms with Gasteiger partial charge < -0.3 is 0 Å². The Kier molecular flexibility index (Phi) is 4.42. The highest BCUT2D eigenvalue weighted by molar-refractivity contribution is 7.17. The van der Waals surface area contributed by atoms with Crippen molar-refractivity contribution < 1.29 is 9.18 Å². The van der Waals surface area contributed by atoms with E-state index in [4.69, 9.17) is 5.10 Å². The van der Waals surface area contributed by atoms with Gasteiger partial charge in [0.05, 0.1) is 27.2 Å². The number of hydrogen-bond donors (Lipinski definition) is 0. The van der Waals surface area contributed by atoms with Crippen LogP contribution in [0.25, 0.3) is 0 Å². The molecule has 1 aromatic carbocycles. The number of ketones is 1. The molecule has 1 aliphatic rings. The molecular weight excluding hydrogens is 369 g/mol. The van der Waals surface area contributed by atoms with Gasteiger partial charge in [0.15, 0.2) is 5.78 Å². The Hall–Kier alpha value is -2.38. The maximum Gasteiger partial charge on any atom is 0.207 e. The first-order chi connectivity index (χ1) is 12.5. The second-order valence-corrected chi connectivity index (χ2v) is 8.03. The number of carbonyl (C=O) groups excluding carboxylic acids is 1. The highest BCUT2D eigenvalue weighted by Crippen LogP contribution is 2.39. The summed E-state index contributed by atoms with van der Waals surface area (Å²) < 4.78 is 13.4. The highest BCUT2D eigenvalue weighted by Gasteiger charge is 2.32. The van der Waals surface area contributed by atoms with Crippen LogP contribution in [-0.4, -0.2) is 16.5 Å². The number of nitrogens with zero attached hydrogens (tertiary/aromatic N) is 3. The minimum atomic E-state index is -0.262. The molecule has 7 heteroatoms. The van der Waals surface area contributed by atoms with Crippen LogP contribution in [0.3, 0.4) is 0 Å². The first-order valence-corrected chi connectivity index (χ1v) is 9.87. The van der Waals surface area contributed by atoms with Crippen LogP contribution in [0, 0.1) is 12.7 Å². The molecule has 26 heavy (non-hydrogen) atoms. The average molecular weight is 385 g/mol. The third-order valence-electron chi connectivity index (χ3n) is 4.27. The molecule has 4 nitrogen and oxygen atoms in total. The summed E-state index contributed by atoms with van der Waals surface area (Å²) in [6.45, 7) is 3.38. The molecule has 0 saturated carbocycles. The van der Waals surface area contributed by atoms with Crippen LogP contribution in [0.4, 0.5) is 9.52 Å². The zero-order valence-corrected chi connectivity index (χ0v) is 15.9. The minimum Gasteiger partial charge on any atom is -0.294 e. The molecular formula is C19H16FN3OS2. The second kappa shape index (κ2) is 6.74. The predicted octanol–water partition coefficient (Wildman–Crippen LogP) is 5.21. The molecule has 0 spiro atoms. The van der Waals surface area contributed by atoms with Gasteiger partial charge in [-0.1, -0.05) is 29.5 Å². The van der Waals surface area contributed by atoms with Crippen LogP contribution in [0.5, 0.6) is 0 Å². The van der Waals surface area contributed by atoms with Gasteiger partial charge in [-0.25, -0.2) is 14.4 Å². The fraction of sp³-hybridized carbons (Fsp3) is 0.211. The zero-order valence-electron chi connectivity index (χ0n) is 14.3. The standard InChI is InChI=1S/C19H16FN3OS2/c1-11-18(12(2)24)26-19(21-11)23-16(13-5-7-14(20)8-6-13)10-15(22-23)17-4-3-9-25-17/h3-9,16H,10H2,1-2H3/t16-/m1/s1. The number of thiazole rings is 1. The van der Waals surface area contributed by atoms with E-state index in [0.29, 0.717) is 16.4 Å². The fourth-order valence-electron chi connectivity index (χ4n) is 3.03. The number of carbonyl (C=O) groups is 1. The van der Waals surface area contributed by atoms with E-state index in [0.717, 1.165) is 21.8 Å². The number of benzene rings is 1.